The van der Waals surface area contributed by atoms with Gasteiger partial charge in [0.1, 0.15) is 0 Å². The summed E-state index contributed by atoms with van der Waals surface area (Å²) in [5.74, 6) is -1.27. The van der Waals surface area contributed by atoms with Gasteiger partial charge in [-0.2, -0.15) is 26.3 Å². The first-order valence-corrected chi connectivity index (χ1v) is 10.8. The molecule has 0 unspecified atom stereocenters. The summed E-state index contributed by atoms with van der Waals surface area (Å²) < 4.78 is 76.2. The van der Waals surface area contributed by atoms with Gasteiger partial charge in [-0.05, 0) is 49.2 Å². The fourth-order valence-corrected chi connectivity index (χ4v) is 2.82. The van der Waals surface area contributed by atoms with Crippen LogP contribution in [0.1, 0.15) is 36.8 Å². The standard InChI is InChI=1S/C22H22F6N6O4/c23-21(24,25)13-5-3-7-15(11-13)29-19(37)33-31-17(35)9-1-2-10-18(36)32-34-20(38)30-16-8-4-6-14(12-16)22(26,27)28/h3-8,11-12H,1-2,9-10H2,(H,31,35)(H,32,36)(H2,29,33,37)(H2,30,34,38). The van der Waals surface area contributed by atoms with Crippen molar-refractivity contribution in [3.8, 4) is 0 Å². The van der Waals surface area contributed by atoms with Gasteiger partial charge in [-0.3, -0.25) is 20.4 Å². The fourth-order valence-electron chi connectivity index (χ4n) is 2.82. The molecule has 6 N–H and O–H groups in total. The van der Waals surface area contributed by atoms with Crippen molar-refractivity contribution in [1.29, 1.82) is 0 Å². The van der Waals surface area contributed by atoms with Gasteiger partial charge in [0.15, 0.2) is 0 Å². The van der Waals surface area contributed by atoms with Gasteiger partial charge in [0.2, 0.25) is 11.8 Å². The molecular formula is C22H22F6N6O4. The molecule has 0 atom stereocenters. The Hall–Kier alpha value is -4.50. The minimum atomic E-state index is -4.59. The summed E-state index contributed by atoms with van der Waals surface area (Å²) in [5, 5.41) is 4.26. The van der Waals surface area contributed by atoms with Crippen LogP contribution in [0.4, 0.5) is 47.3 Å². The molecular weight excluding hydrogens is 526 g/mol. The summed E-state index contributed by atoms with van der Waals surface area (Å²) >= 11 is 0. The average Bonchev–Trinajstić information content (AvgIpc) is 2.83. The largest absolute Gasteiger partial charge is 0.416 e. The van der Waals surface area contributed by atoms with Crippen LogP contribution in [0.3, 0.4) is 0 Å². The highest BCUT2D eigenvalue weighted by molar-refractivity contribution is 5.91. The normalized spacial score (nSPS) is 11.2. The van der Waals surface area contributed by atoms with Crippen molar-refractivity contribution in [3.63, 3.8) is 0 Å². The van der Waals surface area contributed by atoms with Crippen LogP contribution in [0.25, 0.3) is 0 Å². The first kappa shape index (κ1) is 29.7. The lowest BCUT2D eigenvalue weighted by Crippen LogP contribution is -2.44. The number of carbonyl (C=O) groups is 4. The number of hydrogen-bond acceptors (Lipinski definition) is 4. The topological polar surface area (TPSA) is 140 Å². The quantitative estimate of drug-likeness (QED) is 0.175. The van der Waals surface area contributed by atoms with Crippen LogP contribution < -0.4 is 32.3 Å². The van der Waals surface area contributed by atoms with Gasteiger partial charge < -0.3 is 10.6 Å². The Balaban J connectivity index is 1.60. The third kappa shape index (κ3) is 10.6. The monoisotopic (exact) mass is 548 g/mol. The Morgan fingerprint density at radius 3 is 1.29 bits per heavy atom. The van der Waals surface area contributed by atoms with E-state index in [1.165, 1.54) is 12.1 Å². The molecule has 0 heterocycles. The highest BCUT2D eigenvalue weighted by atomic mass is 19.4. The molecule has 0 aliphatic heterocycles. The molecule has 2 aromatic carbocycles. The Morgan fingerprint density at radius 1 is 0.579 bits per heavy atom. The zero-order valence-electron chi connectivity index (χ0n) is 19.3. The maximum Gasteiger partial charge on any atom is 0.416 e. The highest BCUT2D eigenvalue weighted by Gasteiger charge is 2.31. The van der Waals surface area contributed by atoms with Crippen LogP contribution in [0, 0.1) is 0 Å². The highest BCUT2D eigenvalue weighted by Crippen LogP contribution is 2.31. The Labute approximate surface area is 211 Å². The van der Waals surface area contributed by atoms with E-state index in [0.717, 1.165) is 36.4 Å². The number of alkyl halides is 6. The van der Waals surface area contributed by atoms with E-state index in [0.29, 0.717) is 0 Å². The van der Waals surface area contributed by atoms with Crippen LogP contribution >= 0.6 is 0 Å². The molecule has 16 heteroatoms. The molecule has 206 valence electrons. The summed E-state index contributed by atoms with van der Waals surface area (Å²) in [5.41, 5.74) is 5.84. The second-order valence-corrected chi connectivity index (χ2v) is 7.62. The maximum absolute atomic E-state index is 12.7. The number of unbranched alkanes of at least 4 members (excludes halogenated alkanes) is 1. The Kier molecular flexibility index (Phi) is 10.3. The smallest absolute Gasteiger partial charge is 0.307 e. The molecule has 0 aromatic heterocycles. The second-order valence-electron chi connectivity index (χ2n) is 7.62. The predicted molar refractivity (Wildman–Crippen MR) is 122 cm³/mol. The molecule has 38 heavy (non-hydrogen) atoms. The number of hydrazine groups is 2. The number of amides is 6. The first-order valence-electron chi connectivity index (χ1n) is 10.8. The van der Waals surface area contributed by atoms with E-state index in [9.17, 15) is 45.5 Å². The third-order valence-corrected chi connectivity index (χ3v) is 4.58. The van der Waals surface area contributed by atoms with Crippen molar-refractivity contribution in [3.05, 3.63) is 59.7 Å². The zero-order chi connectivity index (χ0) is 28.3. The van der Waals surface area contributed by atoms with Crippen molar-refractivity contribution >= 4 is 35.3 Å². The number of hydrogen-bond donors (Lipinski definition) is 6. The van der Waals surface area contributed by atoms with Gasteiger partial charge in [0.05, 0.1) is 11.1 Å². The Bertz CT molecular complexity index is 1070. The number of halogens is 6. The molecule has 0 aliphatic rings. The molecule has 0 fully saturated rings. The number of carbonyl (C=O) groups excluding carboxylic acids is 4. The number of rotatable bonds is 7. The van der Waals surface area contributed by atoms with Crippen molar-refractivity contribution in [2.45, 2.75) is 38.0 Å². The zero-order valence-corrected chi connectivity index (χ0v) is 19.3. The molecule has 2 aromatic rings. The van der Waals surface area contributed by atoms with Gasteiger partial charge in [-0.1, -0.05) is 12.1 Å². The van der Waals surface area contributed by atoms with E-state index in [4.69, 9.17) is 0 Å². The lowest BCUT2D eigenvalue weighted by molar-refractivity contribution is -0.138. The minimum Gasteiger partial charge on any atom is -0.307 e. The number of nitrogens with one attached hydrogen (secondary N) is 6. The number of benzene rings is 2. The third-order valence-electron chi connectivity index (χ3n) is 4.58. The van der Waals surface area contributed by atoms with Crippen molar-refractivity contribution < 1.29 is 45.5 Å². The summed E-state index contributed by atoms with van der Waals surface area (Å²) in [6.07, 6.45) is -9.00. The van der Waals surface area contributed by atoms with E-state index in [1.54, 1.807) is 0 Å². The van der Waals surface area contributed by atoms with Crippen LogP contribution in [0.15, 0.2) is 48.5 Å². The molecule has 6 amide bonds. The summed E-state index contributed by atoms with van der Waals surface area (Å²) in [6, 6.07) is 5.80. The molecule has 2 rings (SSSR count). The second kappa shape index (κ2) is 13.2. The van der Waals surface area contributed by atoms with Crippen LogP contribution in [-0.2, 0) is 21.9 Å². The summed E-state index contributed by atoms with van der Waals surface area (Å²) in [6.45, 7) is 0. The molecule has 0 radical (unpaired) electrons. The predicted octanol–water partition coefficient (Wildman–Crippen LogP) is 4.29. The number of anilines is 2. The van der Waals surface area contributed by atoms with Crippen molar-refractivity contribution in [1.82, 2.24) is 21.7 Å². The van der Waals surface area contributed by atoms with Gasteiger partial charge in [0, 0.05) is 24.2 Å². The van der Waals surface area contributed by atoms with E-state index >= 15 is 0 Å². The molecule has 0 saturated heterocycles. The van der Waals surface area contributed by atoms with E-state index in [1.807, 2.05) is 10.9 Å². The molecule has 0 spiro atoms. The lowest BCUT2D eigenvalue weighted by atomic mass is 10.2. The SMILES string of the molecule is O=C(CCCCC(=O)NNC(=O)Nc1cccc(C(F)(F)F)c1)NNC(=O)Nc1cccc(C(F)(F)F)c1. The molecule has 0 saturated carbocycles. The summed E-state index contributed by atoms with van der Waals surface area (Å²) in [7, 11) is 0. The first-order chi connectivity index (χ1) is 17.7. The Morgan fingerprint density at radius 2 is 0.947 bits per heavy atom. The summed E-state index contributed by atoms with van der Waals surface area (Å²) in [4.78, 5) is 47.0. The minimum absolute atomic E-state index is 0.111. The van der Waals surface area contributed by atoms with Crippen LogP contribution in [0.5, 0.6) is 0 Å². The van der Waals surface area contributed by atoms with Crippen molar-refractivity contribution in [2.75, 3.05) is 10.6 Å². The molecule has 0 bridgehead atoms. The average molecular weight is 548 g/mol. The van der Waals surface area contributed by atoms with E-state index < -0.39 is 47.4 Å². The van der Waals surface area contributed by atoms with Crippen molar-refractivity contribution in [2.24, 2.45) is 0 Å². The van der Waals surface area contributed by atoms with E-state index in [-0.39, 0.29) is 37.1 Å². The van der Waals surface area contributed by atoms with Gasteiger partial charge in [0.25, 0.3) is 0 Å². The lowest BCUT2D eigenvalue weighted by Gasteiger charge is -2.12. The fraction of sp³-hybridized carbons (Fsp3) is 0.273. The van der Waals surface area contributed by atoms with Gasteiger partial charge in [-0.15, -0.1) is 0 Å². The van der Waals surface area contributed by atoms with Crippen LogP contribution in [0.2, 0.25) is 0 Å². The van der Waals surface area contributed by atoms with Gasteiger partial charge in [-0.25, -0.2) is 20.4 Å². The van der Waals surface area contributed by atoms with Crippen LogP contribution in [-0.4, -0.2) is 23.9 Å². The molecule has 0 aliphatic carbocycles. The van der Waals surface area contributed by atoms with Gasteiger partial charge >= 0.3 is 24.4 Å². The van der Waals surface area contributed by atoms with E-state index in [2.05, 4.69) is 21.5 Å². The molecule has 10 nitrogen and oxygen atoms in total. The number of urea groups is 2. The maximum atomic E-state index is 12.7.